The summed E-state index contributed by atoms with van der Waals surface area (Å²) in [6, 6.07) is 3.80. The minimum absolute atomic E-state index is 0.499. The van der Waals surface area contributed by atoms with Crippen LogP contribution in [0.4, 0.5) is 0 Å². The van der Waals surface area contributed by atoms with Gasteiger partial charge in [0.15, 0.2) is 5.69 Å². The molecule has 0 N–H and O–H groups in total. The van der Waals surface area contributed by atoms with E-state index in [1.165, 1.54) is 0 Å². The molecule has 0 atom stereocenters. The molecule has 0 radical (unpaired) electrons. The second-order valence-corrected chi connectivity index (χ2v) is 2.11. The zero-order valence-electron chi connectivity index (χ0n) is 6.13. The van der Waals surface area contributed by atoms with Gasteiger partial charge in [-0.05, 0) is 12.5 Å². The second kappa shape index (κ2) is 2.53. The monoisotopic (exact) mass is 135 g/mol. The summed E-state index contributed by atoms with van der Waals surface area (Å²) in [5.41, 5.74) is 1.59. The molecular formula is C7H9N3. The normalized spacial score (nSPS) is 9.30. The van der Waals surface area contributed by atoms with E-state index in [1.807, 2.05) is 20.0 Å². The Labute approximate surface area is 59.9 Å². The number of hydrogen-bond acceptors (Lipinski definition) is 2. The molecule has 0 spiro atoms. The smallest absolute Gasteiger partial charge is 0.162 e. The Morgan fingerprint density at radius 3 is 2.80 bits per heavy atom. The molecule has 3 nitrogen and oxygen atoms in total. The minimum atomic E-state index is 0.499. The molecule has 0 aliphatic carbocycles. The first-order valence-corrected chi connectivity index (χ1v) is 3.21. The van der Waals surface area contributed by atoms with Crippen LogP contribution in [-0.4, -0.2) is 9.78 Å². The van der Waals surface area contributed by atoms with Crippen molar-refractivity contribution in [3.05, 3.63) is 17.5 Å². The van der Waals surface area contributed by atoms with Gasteiger partial charge in [-0.15, -0.1) is 0 Å². The number of hydrogen-bond donors (Lipinski definition) is 0. The van der Waals surface area contributed by atoms with Crippen molar-refractivity contribution in [2.45, 2.75) is 13.3 Å². The van der Waals surface area contributed by atoms with Crippen LogP contribution >= 0.6 is 0 Å². The molecule has 1 aromatic rings. The predicted octanol–water partition coefficient (Wildman–Crippen LogP) is 0.854. The van der Waals surface area contributed by atoms with Crippen molar-refractivity contribution in [1.82, 2.24) is 9.78 Å². The summed E-state index contributed by atoms with van der Waals surface area (Å²) < 4.78 is 1.73. The fourth-order valence-corrected chi connectivity index (χ4v) is 0.891. The van der Waals surface area contributed by atoms with E-state index in [1.54, 1.807) is 10.7 Å². The van der Waals surface area contributed by atoms with Crippen LogP contribution in [0.3, 0.4) is 0 Å². The molecule has 3 heteroatoms. The van der Waals surface area contributed by atoms with Gasteiger partial charge >= 0.3 is 0 Å². The fourth-order valence-electron chi connectivity index (χ4n) is 0.891. The van der Waals surface area contributed by atoms with Crippen LogP contribution in [0.2, 0.25) is 0 Å². The SMILES string of the molecule is CCc1cc(C#N)nn1C. The molecule has 0 aromatic carbocycles. The number of aryl methyl sites for hydroxylation is 2. The van der Waals surface area contributed by atoms with Gasteiger partial charge in [-0.3, -0.25) is 4.68 Å². The van der Waals surface area contributed by atoms with E-state index in [0.29, 0.717) is 5.69 Å². The molecule has 1 aromatic heterocycles. The summed E-state index contributed by atoms with van der Waals surface area (Å²) in [5.74, 6) is 0. The summed E-state index contributed by atoms with van der Waals surface area (Å²) in [6.07, 6.45) is 0.922. The standard InChI is InChI=1S/C7H9N3/c1-3-7-4-6(5-8)9-10(7)2/h4H,3H2,1-2H3. The highest BCUT2D eigenvalue weighted by Gasteiger charge is 1.99. The molecule has 0 fully saturated rings. The highest BCUT2D eigenvalue weighted by molar-refractivity contribution is 5.22. The van der Waals surface area contributed by atoms with Gasteiger partial charge in [0.25, 0.3) is 0 Å². The molecule has 0 saturated carbocycles. The second-order valence-electron chi connectivity index (χ2n) is 2.11. The lowest BCUT2D eigenvalue weighted by molar-refractivity contribution is 0.715. The highest BCUT2D eigenvalue weighted by atomic mass is 15.3. The molecular weight excluding hydrogens is 126 g/mol. The maximum absolute atomic E-state index is 8.45. The zero-order valence-corrected chi connectivity index (χ0v) is 6.13. The summed E-state index contributed by atoms with van der Waals surface area (Å²) in [5, 5.41) is 12.4. The summed E-state index contributed by atoms with van der Waals surface area (Å²) in [7, 11) is 1.85. The van der Waals surface area contributed by atoms with Gasteiger partial charge in [0.1, 0.15) is 6.07 Å². The maximum Gasteiger partial charge on any atom is 0.162 e. The number of aromatic nitrogens is 2. The van der Waals surface area contributed by atoms with Crippen LogP contribution in [0.1, 0.15) is 18.3 Å². The Hall–Kier alpha value is -1.30. The van der Waals surface area contributed by atoms with Crippen molar-refractivity contribution in [3.63, 3.8) is 0 Å². The molecule has 0 aliphatic heterocycles. The molecule has 0 amide bonds. The van der Waals surface area contributed by atoms with Gasteiger partial charge in [0, 0.05) is 12.7 Å². The maximum atomic E-state index is 8.45. The lowest BCUT2D eigenvalue weighted by atomic mass is 10.3. The molecule has 0 bridgehead atoms. The molecule has 52 valence electrons. The first kappa shape index (κ1) is 6.81. The predicted molar refractivity (Wildman–Crippen MR) is 37.3 cm³/mol. The van der Waals surface area contributed by atoms with Gasteiger partial charge in [-0.25, -0.2) is 0 Å². The number of rotatable bonds is 1. The van der Waals surface area contributed by atoms with Crippen LogP contribution in [0.15, 0.2) is 6.07 Å². The Morgan fingerprint density at radius 1 is 1.80 bits per heavy atom. The minimum Gasteiger partial charge on any atom is -0.271 e. The van der Waals surface area contributed by atoms with Crippen LogP contribution in [0.5, 0.6) is 0 Å². The first-order valence-electron chi connectivity index (χ1n) is 3.21. The largest absolute Gasteiger partial charge is 0.271 e. The van der Waals surface area contributed by atoms with E-state index >= 15 is 0 Å². The van der Waals surface area contributed by atoms with E-state index in [4.69, 9.17) is 5.26 Å². The Morgan fingerprint density at radius 2 is 2.50 bits per heavy atom. The molecule has 10 heavy (non-hydrogen) atoms. The van der Waals surface area contributed by atoms with Crippen molar-refractivity contribution >= 4 is 0 Å². The van der Waals surface area contributed by atoms with Crippen molar-refractivity contribution < 1.29 is 0 Å². The summed E-state index contributed by atoms with van der Waals surface area (Å²) >= 11 is 0. The Balaban J connectivity index is 3.07. The first-order chi connectivity index (χ1) is 4.77. The van der Waals surface area contributed by atoms with Crippen molar-refractivity contribution in [2.75, 3.05) is 0 Å². The number of nitrogens with zero attached hydrogens (tertiary/aromatic N) is 3. The Kier molecular flexibility index (Phi) is 1.72. The van der Waals surface area contributed by atoms with E-state index < -0.39 is 0 Å². The third-order valence-electron chi connectivity index (χ3n) is 1.45. The zero-order chi connectivity index (χ0) is 7.56. The molecule has 1 rings (SSSR count). The van der Waals surface area contributed by atoms with Crippen LogP contribution in [-0.2, 0) is 13.5 Å². The van der Waals surface area contributed by atoms with Crippen LogP contribution in [0, 0.1) is 11.3 Å². The Bertz CT molecular complexity index is 267. The lowest BCUT2D eigenvalue weighted by Gasteiger charge is -1.92. The lowest BCUT2D eigenvalue weighted by Crippen LogP contribution is -1.95. The van der Waals surface area contributed by atoms with E-state index in [-0.39, 0.29) is 0 Å². The number of nitriles is 1. The molecule has 1 heterocycles. The van der Waals surface area contributed by atoms with E-state index in [2.05, 4.69) is 5.10 Å². The van der Waals surface area contributed by atoms with E-state index in [0.717, 1.165) is 12.1 Å². The average molecular weight is 135 g/mol. The average Bonchev–Trinajstić information content (AvgIpc) is 2.30. The van der Waals surface area contributed by atoms with Gasteiger partial charge in [-0.1, -0.05) is 6.92 Å². The van der Waals surface area contributed by atoms with Crippen molar-refractivity contribution in [3.8, 4) is 6.07 Å². The summed E-state index contributed by atoms with van der Waals surface area (Å²) in [4.78, 5) is 0. The van der Waals surface area contributed by atoms with Gasteiger partial charge in [0.2, 0.25) is 0 Å². The van der Waals surface area contributed by atoms with Crippen LogP contribution in [0.25, 0.3) is 0 Å². The van der Waals surface area contributed by atoms with Crippen molar-refractivity contribution in [2.24, 2.45) is 7.05 Å². The topological polar surface area (TPSA) is 41.6 Å². The van der Waals surface area contributed by atoms with Crippen molar-refractivity contribution in [1.29, 1.82) is 5.26 Å². The summed E-state index contributed by atoms with van der Waals surface area (Å²) in [6.45, 7) is 2.04. The molecule has 0 unspecified atom stereocenters. The highest BCUT2D eigenvalue weighted by Crippen LogP contribution is 2.01. The van der Waals surface area contributed by atoms with Gasteiger partial charge < -0.3 is 0 Å². The third kappa shape index (κ3) is 1.01. The molecule has 0 aliphatic rings. The molecule has 0 saturated heterocycles. The van der Waals surface area contributed by atoms with E-state index in [9.17, 15) is 0 Å². The quantitative estimate of drug-likeness (QED) is 0.573. The third-order valence-corrected chi connectivity index (χ3v) is 1.45. The van der Waals surface area contributed by atoms with Gasteiger partial charge in [0.05, 0.1) is 0 Å². The van der Waals surface area contributed by atoms with Crippen LogP contribution < -0.4 is 0 Å². The van der Waals surface area contributed by atoms with Gasteiger partial charge in [-0.2, -0.15) is 10.4 Å². The fraction of sp³-hybridized carbons (Fsp3) is 0.429.